The van der Waals surface area contributed by atoms with Crippen molar-refractivity contribution in [3.8, 4) is 17.0 Å². The Hall–Kier alpha value is -4.44. The smallest absolute Gasteiger partial charge is 0.247 e. The molecule has 10 heteroatoms. The van der Waals surface area contributed by atoms with Gasteiger partial charge in [0.1, 0.15) is 17.9 Å². The molecule has 0 saturated heterocycles. The van der Waals surface area contributed by atoms with Crippen LogP contribution in [-0.4, -0.2) is 61.9 Å². The minimum atomic E-state index is -0.309. The number of carbonyl (C=O) groups is 1. The number of ether oxygens (including phenoxy) is 1. The van der Waals surface area contributed by atoms with Gasteiger partial charge in [-0.25, -0.2) is 9.97 Å². The molecule has 1 aromatic heterocycles. The first-order chi connectivity index (χ1) is 18.8. The van der Waals surface area contributed by atoms with E-state index < -0.39 is 0 Å². The van der Waals surface area contributed by atoms with Crippen molar-refractivity contribution in [3.05, 3.63) is 60.9 Å². The summed E-state index contributed by atoms with van der Waals surface area (Å²) >= 11 is 0. The number of nitrogens with zero attached hydrogens (tertiary/aromatic N) is 3. The third kappa shape index (κ3) is 7.78. The van der Waals surface area contributed by atoms with Crippen LogP contribution in [0.5, 0.6) is 5.75 Å². The number of benzene rings is 2. The summed E-state index contributed by atoms with van der Waals surface area (Å²) in [6, 6.07) is 11.7. The van der Waals surface area contributed by atoms with E-state index >= 15 is 0 Å². The van der Waals surface area contributed by atoms with Gasteiger partial charge < -0.3 is 36.3 Å². The predicted octanol–water partition coefficient (Wildman–Crippen LogP) is 4.88. The highest BCUT2D eigenvalue weighted by molar-refractivity contribution is 6.02. The van der Waals surface area contributed by atoms with Gasteiger partial charge in [0, 0.05) is 68.4 Å². The third-order valence-corrected chi connectivity index (χ3v) is 5.95. The summed E-state index contributed by atoms with van der Waals surface area (Å²) in [7, 11) is 3.80. The second kappa shape index (κ2) is 13.9. The van der Waals surface area contributed by atoms with Crippen LogP contribution in [0.25, 0.3) is 11.3 Å². The molecule has 1 heterocycles. The molecule has 3 rings (SSSR count). The van der Waals surface area contributed by atoms with E-state index in [1.54, 1.807) is 0 Å². The Kier molecular flexibility index (Phi) is 10.4. The Balaban J connectivity index is 1.98. The van der Waals surface area contributed by atoms with Gasteiger partial charge in [-0.15, -0.1) is 0 Å². The maximum atomic E-state index is 12.3. The number of likely N-dealkylation sites (N-methyl/N-ethyl adjacent to an activating group) is 1. The number of hydrogen-bond acceptors (Lipinski definition) is 9. The summed E-state index contributed by atoms with van der Waals surface area (Å²) in [6.07, 6.45) is 4.03. The molecule has 3 aromatic rings. The van der Waals surface area contributed by atoms with Crippen molar-refractivity contribution in [3.63, 3.8) is 0 Å². The molecule has 0 aliphatic rings. The maximum absolute atomic E-state index is 12.3. The minimum absolute atomic E-state index is 0.309. The fraction of sp³-hybridized carbons (Fsp3) is 0.310. The van der Waals surface area contributed by atoms with Crippen LogP contribution in [0.2, 0.25) is 0 Å². The predicted molar refractivity (Wildman–Crippen MR) is 161 cm³/mol. The lowest BCUT2D eigenvalue weighted by Crippen LogP contribution is -2.33. The third-order valence-electron chi connectivity index (χ3n) is 5.95. The van der Waals surface area contributed by atoms with Gasteiger partial charge in [-0.05, 0) is 31.2 Å². The number of hydrogen-bond donors (Lipinski definition) is 5. The molecule has 2 aromatic carbocycles. The molecule has 1 amide bonds. The number of rotatable bonds is 14. The van der Waals surface area contributed by atoms with Crippen LogP contribution in [0, 0.1) is 5.41 Å². The number of nitrogens with one attached hydrogen (secondary N) is 5. The molecule has 0 aliphatic heterocycles. The van der Waals surface area contributed by atoms with Gasteiger partial charge in [0.15, 0.2) is 0 Å². The van der Waals surface area contributed by atoms with Gasteiger partial charge in [0.25, 0.3) is 0 Å². The molecule has 0 aliphatic carbocycles. The topological polar surface area (TPSA) is 127 Å². The number of amides is 1. The van der Waals surface area contributed by atoms with Gasteiger partial charge in [-0.2, -0.15) is 0 Å². The molecule has 0 bridgehead atoms. The average molecular weight is 531 g/mol. The lowest BCUT2D eigenvalue weighted by molar-refractivity contribution is -0.111. The van der Waals surface area contributed by atoms with E-state index in [1.165, 1.54) is 18.6 Å². The highest BCUT2D eigenvalue weighted by Gasteiger charge is 2.17. The fourth-order valence-corrected chi connectivity index (χ4v) is 3.97. The van der Waals surface area contributed by atoms with Crippen LogP contribution in [0.4, 0.5) is 28.6 Å². The summed E-state index contributed by atoms with van der Waals surface area (Å²) in [5.74, 6) is 0.868. The van der Waals surface area contributed by atoms with Crippen molar-refractivity contribution in [1.29, 1.82) is 5.41 Å². The second-order valence-corrected chi connectivity index (χ2v) is 9.13. The SMILES string of the molecule is C=CC(=O)Nc1cc(Nc2cc(-c3ccc(NC)c(C=N)c3)ncn2)c(OCC)cc1N(C)CCNC(C)C. The Morgan fingerprint density at radius 3 is 2.62 bits per heavy atom. The Morgan fingerprint density at radius 1 is 1.15 bits per heavy atom. The van der Waals surface area contributed by atoms with Gasteiger partial charge in [-0.3, -0.25) is 4.79 Å². The molecule has 0 saturated carbocycles. The summed E-state index contributed by atoms with van der Waals surface area (Å²) in [4.78, 5) is 23.2. The molecule has 5 N–H and O–H groups in total. The van der Waals surface area contributed by atoms with Crippen molar-refractivity contribution in [2.24, 2.45) is 0 Å². The molecular weight excluding hydrogens is 492 g/mol. The molecule has 0 fully saturated rings. The van der Waals surface area contributed by atoms with E-state index in [4.69, 9.17) is 10.1 Å². The van der Waals surface area contributed by atoms with E-state index in [-0.39, 0.29) is 5.91 Å². The number of aromatic nitrogens is 2. The molecule has 206 valence electrons. The Morgan fingerprint density at radius 2 is 1.95 bits per heavy atom. The van der Waals surface area contributed by atoms with E-state index in [2.05, 4.69) is 56.6 Å². The van der Waals surface area contributed by atoms with Gasteiger partial charge in [-0.1, -0.05) is 26.5 Å². The summed E-state index contributed by atoms with van der Waals surface area (Å²) in [6.45, 7) is 11.7. The molecule has 39 heavy (non-hydrogen) atoms. The highest BCUT2D eigenvalue weighted by Crippen LogP contribution is 2.38. The van der Waals surface area contributed by atoms with Crippen molar-refractivity contribution in [1.82, 2.24) is 15.3 Å². The summed E-state index contributed by atoms with van der Waals surface area (Å²) < 4.78 is 5.99. The molecule has 0 atom stereocenters. The summed E-state index contributed by atoms with van der Waals surface area (Å²) in [5.41, 5.74) is 5.25. The lowest BCUT2D eigenvalue weighted by Gasteiger charge is -2.25. The zero-order valence-electron chi connectivity index (χ0n) is 23.3. The summed E-state index contributed by atoms with van der Waals surface area (Å²) in [5, 5.41) is 20.5. The number of anilines is 5. The molecule has 0 unspecified atom stereocenters. The average Bonchev–Trinajstić information content (AvgIpc) is 2.93. The van der Waals surface area contributed by atoms with E-state index in [0.717, 1.165) is 35.6 Å². The molecular formula is C29H38N8O2. The van der Waals surface area contributed by atoms with Crippen molar-refractivity contribution in [2.75, 3.05) is 54.6 Å². The van der Waals surface area contributed by atoms with E-state index in [0.29, 0.717) is 41.3 Å². The van der Waals surface area contributed by atoms with Gasteiger partial charge >= 0.3 is 0 Å². The molecule has 0 radical (unpaired) electrons. The van der Waals surface area contributed by atoms with Crippen LogP contribution in [0.3, 0.4) is 0 Å². The largest absolute Gasteiger partial charge is 0.492 e. The van der Waals surface area contributed by atoms with Crippen LogP contribution in [-0.2, 0) is 4.79 Å². The van der Waals surface area contributed by atoms with Crippen LogP contribution >= 0.6 is 0 Å². The first-order valence-electron chi connectivity index (χ1n) is 12.9. The van der Waals surface area contributed by atoms with Gasteiger partial charge in [0.05, 0.1) is 29.4 Å². The zero-order valence-corrected chi connectivity index (χ0v) is 23.3. The minimum Gasteiger partial charge on any atom is -0.492 e. The lowest BCUT2D eigenvalue weighted by atomic mass is 10.1. The van der Waals surface area contributed by atoms with Crippen molar-refractivity contribution < 1.29 is 9.53 Å². The van der Waals surface area contributed by atoms with Crippen LogP contribution in [0.15, 0.2) is 55.4 Å². The zero-order chi connectivity index (χ0) is 28.4. The van der Waals surface area contributed by atoms with Crippen molar-refractivity contribution >= 4 is 40.7 Å². The molecule has 10 nitrogen and oxygen atoms in total. The second-order valence-electron chi connectivity index (χ2n) is 9.13. The van der Waals surface area contributed by atoms with Crippen molar-refractivity contribution in [2.45, 2.75) is 26.8 Å². The van der Waals surface area contributed by atoms with Gasteiger partial charge in [0.2, 0.25) is 5.91 Å². The maximum Gasteiger partial charge on any atom is 0.247 e. The standard InChI is InChI=1S/C29H38N8O2/c1-7-29(38)36-24-14-25(27(39-8-2)16-26(24)37(6)12-11-32-19(3)4)35-28-15-23(33-18-34-28)20-9-10-22(31-5)21(13-20)17-30/h7,9-10,13-19,30-32H,1,8,11-12H2,2-6H3,(H,36,38)(H,33,34,35). The highest BCUT2D eigenvalue weighted by atomic mass is 16.5. The Labute approximate surface area is 230 Å². The van der Waals surface area contributed by atoms with E-state index in [1.807, 2.05) is 57.4 Å². The van der Waals surface area contributed by atoms with Crippen LogP contribution in [0.1, 0.15) is 26.3 Å². The van der Waals surface area contributed by atoms with Crippen LogP contribution < -0.4 is 30.9 Å². The molecule has 0 spiro atoms. The Bertz CT molecular complexity index is 1310. The van der Waals surface area contributed by atoms with E-state index in [9.17, 15) is 4.79 Å². The monoisotopic (exact) mass is 530 g/mol. The first kappa shape index (κ1) is 29.1. The normalized spacial score (nSPS) is 10.6. The number of carbonyl (C=O) groups excluding carboxylic acids is 1. The first-order valence-corrected chi connectivity index (χ1v) is 12.9. The quantitative estimate of drug-likeness (QED) is 0.147. The fourth-order valence-electron chi connectivity index (χ4n) is 3.97.